The Morgan fingerprint density at radius 2 is 1.65 bits per heavy atom. The van der Waals surface area contributed by atoms with Crippen LogP contribution in [0.3, 0.4) is 0 Å². The molecule has 0 atom stereocenters. The lowest BCUT2D eigenvalue weighted by molar-refractivity contribution is 1.26. The molecule has 0 fully saturated rings. The zero-order valence-electron chi connectivity index (χ0n) is 10.6. The molecule has 2 aromatic carbocycles. The van der Waals surface area contributed by atoms with Crippen molar-refractivity contribution in [2.75, 3.05) is 0 Å². The van der Waals surface area contributed by atoms with Gasteiger partial charge in [0, 0.05) is 16.2 Å². The summed E-state index contributed by atoms with van der Waals surface area (Å²) in [6.45, 7) is 0. The normalized spacial score (nSPS) is 11.2. The topological polar surface area (TPSA) is 17.3 Å². The van der Waals surface area contributed by atoms with E-state index in [9.17, 15) is 0 Å². The maximum Gasteiger partial charge on any atom is 0.137 e. The van der Waals surface area contributed by atoms with Crippen LogP contribution in [0.5, 0.6) is 0 Å². The number of nitrogens with zero attached hydrogens (tertiary/aromatic N) is 2. The summed E-state index contributed by atoms with van der Waals surface area (Å²) in [5.74, 6) is 0. The molecule has 0 spiro atoms. The van der Waals surface area contributed by atoms with Gasteiger partial charge in [-0.1, -0.05) is 46.3 Å². The van der Waals surface area contributed by atoms with Gasteiger partial charge in [0.2, 0.25) is 0 Å². The third-order valence-corrected chi connectivity index (χ3v) is 4.01. The summed E-state index contributed by atoms with van der Waals surface area (Å²) in [5, 5.41) is 1.22. The van der Waals surface area contributed by atoms with Crippen LogP contribution < -0.4 is 0 Å². The monoisotopic (exact) mass is 322 g/mol. The number of halogens is 1. The Balaban J connectivity index is 1.98. The molecule has 0 N–H and O–H groups in total. The third kappa shape index (κ3) is 1.82. The Hall–Kier alpha value is -2.13. The Morgan fingerprint density at radius 1 is 0.850 bits per heavy atom. The van der Waals surface area contributed by atoms with Gasteiger partial charge in [-0.25, -0.2) is 4.98 Å². The van der Waals surface area contributed by atoms with Crippen molar-refractivity contribution >= 4 is 32.5 Å². The molecule has 0 unspecified atom stereocenters. The van der Waals surface area contributed by atoms with E-state index in [1.807, 2.05) is 12.1 Å². The average Bonchev–Trinajstić information content (AvgIpc) is 2.92. The predicted octanol–water partition coefficient (Wildman–Crippen LogP) is 4.92. The van der Waals surface area contributed by atoms with E-state index in [0.717, 1.165) is 21.4 Å². The second-order valence-electron chi connectivity index (χ2n) is 4.75. The van der Waals surface area contributed by atoms with Gasteiger partial charge >= 0.3 is 0 Å². The molecule has 0 saturated heterocycles. The van der Waals surface area contributed by atoms with Gasteiger partial charge in [-0.2, -0.15) is 0 Å². The fraction of sp³-hybridized carbons (Fsp3) is 0. The SMILES string of the molecule is Brc1ccc(-c2cn3c(ccc4ccccc43)n2)cc1. The summed E-state index contributed by atoms with van der Waals surface area (Å²) >= 11 is 3.46. The lowest BCUT2D eigenvalue weighted by atomic mass is 10.2. The number of rotatable bonds is 1. The largest absolute Gasteiger partial charge is 0.299 e. The molecule has 0 amide bonds. The van der Waals surface area contributed by atoms with Gasteiger partial charge in [-0.15, -0.1) is 0 Å². The van der Waals surface area contributed by atoms with Crippen molar-refractivity contribution in [2.24, 2.45) is 0 Å². The number of hydrogen-bond acceptors (Lipinski definition) is 1. The van der Waals surface area contributed by atoms with Crippen LogP contribution in [0.25, 0.3) is 27.8 Å². The average molecular weight is 323 g/mol. The Labute approximate surface area is 124 Å². The van der Waals surface area contributed by atoms with Crippen LogP contribution in [0.2, 0.25) is 0 Å². The summed E-state index contributed by atoms with van der Waals surface area (Å²) in [6, 6.07) is 20.8. The molecule has 0 aliphatic heterocycles. The van der Waals surface area contributed by atoms with E-state index in [1.54, 1.807) is 0 Å². The highest BCUT2D eigenvalue weighted by atomic mass is 79.9. The van der Waals surface area contributed by atoms with E-state index in [1.165, 1.54) is 10.9 Å². The van der Waals surface area contributed by atoms with Gasteiger partial charge < -0.3 is 0 Å². The second-order valence-corrected chi connectivity index (χ2v) is 5.67. The second kappa shape index (κ2) is 4.46. The molecule has 2 heterocycles. The number of fused-ring (bicyclic) bond motifs is 3. The molecular weight excluding hydrogens is 312 g/mol. The fourth-order valence-corrected chi connectivity index (χ4v) is 2.74. The Morgan fingerprint density at radius 3 is 2.50 bits per heavy atom. The van der Waals surface area contributed by atoms with Crippen molar-refractivity contribution in [3.05, 3.63) is 71.3 Å². The minimum Gasteiger partial charge on any atom is -0.299 e. The quantitative estimate of drug-likeness (QED) is 0.486. The first kappa shape index (κ1) is 11.7. The molecule has 0 radical (unpaired) electrons. The molecule has 96 valence electrons. The molecular formula is C17H11BrN2. The first-order valence-corrected chi connectivity index (χ1v) is 7.23. The number of imidazole rings is 1. The maximum atomic E-state index is 4.71. The molecule has 4 rings (SSSR count). The van der Waals surface area contributed by atoms with Gasteiger partial charge in [0.1, 0.15) is 5.65 Å². The van der Waals surface area contributed by atoms with Gasteiger partial charge in [-0.05, 0) is 35.7 Å². The highest BCUT2D eigenvalue weighted by molar-refractivity contribution is 9.10. The van der Waals surface area contributed by atoms with Crippen LogP contribution >= 0.6 is 15.9 Å². The smallest absolute Gasteiger partial charge is 0.137 e. The van der Waals surface area contributed by atoms with Crippen LogP contribution in [0.4, 0.5) is 0 Å². The predicted molar refractivity (Wildman–Crippen MR) is 85.8 cm³/mol. The minimum atomic E-state index is 0.974. The summed E-state index contributed by atoms with van der Waals surface area (Å²) in [5.41, 5.74) is 4.28. The minimum absolute atomic E-state index is 0.974. The highest BCUT2D eigenvalue weighted by Crippen LogP contribution is 2.24. The van der Waals surface area contributed by atoms with E-state index in [-0.39, 0.29) is 0 Å². The maximum absolute atomic E-state index is 4.71. The zero-order valence-corrected chi connectivity index (χ0v) is 12.2. The van der Waals surface area contributed by atoms with Crippen molar-refractivity contribution in [1.29, 1.82) is 0 Å². The van der Waals surface area contributed by atoms with E-state index in [0.29, 0.717) is 0 Å². The number of aromatic nitrogens is 2. The summed E-state index contributed by atoms with van der Waals surface area (Å²) in [4.78, 5) is 4.71. The van der Waals surface area contributed by atoms with Crippen molar-refractivity contribution in [3.8, 4) is 11.3 Å². The van der Waals surface area contributed by atoms with Gasteiger partial charge in [0.25, 0.3) is 0 Å². The van der Waals surface area contributed by atoms with Crippen molar-refractivity contribution in [3.63, 3.8) is 0 Å². The van der Waals surface area contributed by atoms with E-state index >= 15 is 0 Å². The first-order chi connectivity index (χ1) is 9.81. The van der Waals surface area contributed by atoms with Crippen molar-refractivity contribution in [1.82, 2.24) is 9.38 Å². The molecule has 2 nitrogen and oxygen atoms in total. The van der Waals surface area contributed by atoms with Crippen molar-refractivity contribution in [2.45, 2.75) is 0 Å². The lowest BCUT2D eigenvalue weighted by Gasteiger charge is -2.00. The van der Waals surface area contributed by atoms with Crippen LogP contribution in [-0.2, 0) is 0 Å². The molecule has 3 heteroatoms. The number of para-hydroxylation sites is 1. The molecule has 0 aliphatic carbocycles. The van der Waals surface area contributed by atoms with Gasteiger partial charge in [0.15, 0.2) is 0 Å². The molecule has 0 bridgehead atoms. The fourth-order valence-electron chi connectivity index (χ4n) is 2.48. The molecule has 20 heavy (non-hydrogen) atoms. The van der Waals surface area contributed by atoms with Crippen molar-refractivity contribution < 1.29 is 0 Å². The molecule has 0 aliphatic rings. The summed E-state index contributed by atoms with van der Waals surface area (Å²) < 4.78 is 3.22. The molecule has 0 saturated carbocycles. The Bertz CT molecular complexity index is 907. The summed E-state index contributed by atoms with van der Waals surface area (Å²) in [6.07, 6.45) is 2.10. The van der Waals surface area contributed by atoms with E-state index in [2.05, 4.69) is 75.1 Å². The number of pyridine rings is 1. The summed E-state index contributed by atoms with van der Waals surface area (Å²) in [7, 11) is 0. The van der Waals surface area contributed by atoms with Crippen LogP contribution in [-0.4, -0.2) is 9.38 Å². The number of benzene rings is 2. The molecule has 2 aromatic heterocycles. The highest BCUT2D eigenvalue weighted by Gasteiger charge is 2.06. The zero-order chi connectivity index (χ0) is 13.5. The third-order valence-electron chi connectivity index (χ3n) is 3.48. The first-order valence-electron chi connectivity index (χ1n) is 6.44. The number of hydrogen-bond donors (Lipinski definition) is 0. The van der Waals surface area contributed by atoms with Crippen LogP contribution in [0.15, 0.2) is 71.3 Å². The van der Waals surface area contributed by atoms with Crippen LogP contribution in [0.1, 0.15) is 0 Å². The Kier molecular flexibility index (Phi) is 2.60. The van der Waals surface area contributed by atoms with E-state index < -0.39 is 0 Å². The van der Waals surface area contributed by atoms with Gasteiger partial charge in [-0.3, -0.25) is 4.40 Å². The lowest BCUT2D eigenvalue weighted by Crippen LogP contribution is -1.85. The molecule has 4 aromatic rings. The standard InChI is InChI=1S/C17H11BrN2/c18-14-8-5-12(6-9-14)15-11-20-16-4-2-1-3-13(16)7-10-17(20)19-15/h1-11H. The van der Waals surface area contributed by atoms with Gasteiger partial charge in [0.05, 0.1) is 11.2 Å². The van der Waals surface area contributed by atoms with E-state index in [4.69, 9.17) is 4.98 Å². The van der Waals surface area contributed by atoms with Crippen LogP contribution in [0, 0.1) is 0 Å².